The van der Waals surface area contributed by atoms with Crippen molar-refractivity contribution in [2.75, 3.05) is 6.54 Å². The molecule has 0 atom stereocenters. The third-order valence-corrected chi connectivity index (χ3v) is 1.74. The molecule has 2 N–H and O–H groups in total. The second kappa shape index (κ2) is 10.4. The normalized spacial score (nSPS) is 11.8. The van der Waals surface area contributed by atoms with Crippen LogP contribution in [0.2, 0.25) is 0 Å². The highest BCUT2D eigenvalue weighted by Crippen LogP contribution is 2.02. The van der Waals surface area contributed by atoms with E-state index in [1.807, 2.05) is 12.2 Å². The highest BCUT2D eigenvalue weighted by Gasteiger charge is 1.82. The SMILES string of the molecule is CCCCCCC=CC=CCN. The van der Waals surface area contributed by atoms with E-state index in [1.54, 1.807) is 0 Å². The summed E-state index contributed by atoms with van der Waals surface area (Å²) in [6.07, 6.45) is 14.8. The van der Waals surface area contributed by atoms with Crippen molar-refractivity contribution in [2.45, 2.75) is 39.0 Å². The van der Waals surface area contributed by atoms with E-state index in [0.717, 1.165) is 0 Å². The van der Waals surface area contributed by atoms with Crippen LogP contribution in [-0.2, 0) is 0 Å². The monoisotopic (exact) mass is 167 g/mol. The Balaban J connectivity index is 3.07. The van der Waals surface area contributed by atoms with Crippen LogP contribution in [0.4, 0.5) is 0 Å². The van der Waals surface area contributed by atoms with Crippen LogP contribution in [-0.4, -0.2) is 6.54 Å². The fraction of sp³-hybridized carbons (Fsp3) is 0.636. The fourth-order valence-corrected chi connectivity index (χ4v) is 1.02. The van der Waals surface area contributed by atoms with Gasteiger partial charge in [-0.05, 0) is 12.8 Å². The fourth-order valence-electron chi connectivity index (χ4n) is 1.02. The van der Waals surface area contributed by atoms with Gasteiger partial charge in [-0.3, -0.25) is 0 Å². The molecule has 0 spiro atoms. The molecule has 1 heteroatoms. The van der Waals surface area contributed by atoms with E-state index in [9.17, 15) is 0 Å². The molecular formula is C11H21N. The van der Waals surface area contributed by atoms with Gasteiger partial charge < -0.3 is 5.73 Å². The number of hydrogen-bond donors (Lipinski definition) is 1. The maximum atomic E-state index is 5.29. The van der Waals surface area contributed by atoms with Gasteiger partial charge in [0.15, 0.2) is 0 Å². The molecule has 0 saturated carbocycles. The van der Waals surface area contributed by atoms with Crippen LogP contribution in [0.5, 0.6) is 0 Å². The number of rotatable bonds is 7. The van der Waals surface area contributed by atoms with E-state index < -0.39 is 0 Å². The number of allylic oxidation sites excluding steroid dienone is 3. The average Bonchev–Trinajstić information content (AvgIpc) is 2.10. The summed E-state index contributed by atoms with van der Waals surface area (Å²) < 4.78 is 0. The molecule has 0 aromatic carbocycles. The Kier molecular flexibility index (Phi) is 9.95. The highest BCUT2D eigenvalue weighted by atomic mass is 14.5. The van der Waals surface area contributed by atoms with Crippen LogP contribution in [0.3, 0.4) is 0 Å². The van der Waals surface area contributed by atoms with Gasteiger partial charge >= 0.3 is 0 Å². The lowest BCUT2D eigenvalue weighted by Crippen LogP contribution is -1.91. The van der Waals surface area contributed by atoms with Gasteiger partial charge in [-0.15, -0.1) is 0 Å². The maximum Gasteiger partial charge on any atom is 0.0109 e. The first-order chi connectivity index (χ1) is 5.91. The largest absolute Gasteiger partial charge is 0.327 e. The van der Waals surface area contributed by atoms with Crippen LogP contribution in [0.25, 0.3) is 0 Å². The van der Waals surface area contributed by atoms with Crippen molar-refractivity contribution in [2.24, 2.45) is 5.73 Å². The second-order valence-corrected chi connectivity index (χ2v) is 2.94. The zero-order valence-electron chi connectivity index (χ0n) is 8.13. The molecule has 0 radical (unpaired) electrons. The minimum absolute atomic E-state index is 0.639. The molecule has 0 aliphatic heterocycles. The van der Waals surface area contributed by atoms with Gasteiger partial charge in [-0.25, -0.2) is 0 Å². The maximum absolute atomic E-state index is 5.29. The molecule has 0 unspecified atom stereocenters. The highest BCUT2D eigenvalue weighted by molar-refractivity contribution is 5.02. The van der Waals surface area contributed by atoms with Gasteiger partial charge in [0.1, 0.15) is 0 Å². The summed E-state index contributed by atoms with van der Waals surface area (Å²) in [5.74, 6) is 0. The van der Waals surface area contributed by atoms with E-state index in [-0.39, 0.29) is 0 Å². The molecule has 12 heavy (non-hydrogen) atoms. The van der Waals surface area contributed by atoms with Crippen LogP contribution in [0, 0.1) is 0 Å². The Bertz CT molecular complexity index is 125. The molecule has 0 aromatic rings. The van der Waals surface area contributed by atoms with E-state index in [4.69, 9.17) is 5.73 Å². The molecule has 0 aromatic heterocycles. The Morgan fingerprint density at radius 2 is 1.75 bits per heavy atom. The Hall–Kier alpha value is -0.560. The van der Waals surface area contributed by atoms with Gasteiger partial charge in [-0.2, -0.15) is 0 Å². The van der Waals surface area contributed by atoms with Crippen molar-refractivity contribution in [1.82, 2.24) is 0 Å². The molecule has 0 fully saturated rings. The Morgan fingerprint density at radius 3 is 2.42 bits per heavy atom. The molecule has 0 aliphatic rings. The molecular weight excluding hydrogens is 146 g/mol. The molecule has 0 bridgehead atoms. The zero-order valence-corrected chi connectivity index (χ0v) is 8.13. The van der Waals surface area contributed by atoms with Gasteiger partial charge in [0.2, 0.25) is 0 Å². The topological polar surface area (TPSA) is 26.0 Å². The summed E-state index contributed by atoms with van der Waals surface area (Å²) in [6.45, 7) is 2.88. The lowest BCUT2D eigenvalue weighted by Gasteiger charge is -1.92. The van der Waals surface area contributed by atoms with Crippen molar-refractivity contribution in [3.8, 4) is 0 Å². The summed E-state index contributed by atoms with van der Waals surface area (Å²) in [6, 6.07) is 0. The predicted molar refractivity (Wildman–Crippen MR) is 56.1 cm³/mol. The first-order valence-electron chi connectivity index (χ1n) is 4.93. The summed E-state index contributed by atoms with van der Waals surface area (Å²) in [5, 5.41) is 0. The first-order valence-corrected chi connectivity index (χ1v) is 4.93. The summed E-state index contributed by atoms with van der Waals surface area (Å²) in [7, 11) is 0. The zero-order chi connectivity index (χ0) is 9.07. The smallest absolute Gasteiger partial charge is 0.0109 e. The van der Waals surface area contributed by atoms with Crippen molar-refractivity contribution >= 4 is 0 Å². The minimum atomic E-state index is 0.639. The van der Waals surface area contributed by atoms with Crippen molar-refractivity contribution < 1.29 is 0 Å². The van der Waals surface area contributed by atoms with E-state index >= 15 is 0 Å². The molecule has 70 valence electrons. The quantitative estimate of drug-likeness (QED) is 0.458. The van der Waals surface area contributed by atoms with E-state index in [2.05, 4.69) is 19.1 Å². The Morgan fingerprint density at radius 1 is 1.00 bits per heavy atom. The molecule has 1 nitrogen and oxygen atoms in total. The van der Waals surface area contributed by atoms with Crippen LogP contribution >= 0.6 is 0 Å². The molecule has 0 rings (SSSR count). The van der Waals surface area contributed by atoms with Crippen LogP contribution in [0.15, 0.2) is 24.3 Å². The van der Waals surface area contributed by atoms with Crippen LogP contribution < -0.4 is 5.73 Å². The first kappa shape index (κ1) is 11.4. The van der Waals surface area contributed by atoms with Crippen molar-refractivity contribution in [3.63, 3.8) is 0 Å². The average molecular weight is 167 g/mol. The summed E-state index contributed by atoms with van der Waals surface area (Å²) in [4.78, 5) is 0. The number of hydrogen-bond acceptors (Lipinski definition) is 1. The second-order valence-electron chi connectivity index (χ2n) is 2.94. The summed E-state index contributed by atoms with van der Waals surface area (Å²) in [5.41, 5.74) is 5.29. The molecule has 0 aliphatic carbocycles. The summed E-state index contributed by atoms with van der Waals surface area (Å²) >= 11 is 0. The molecule has 0 heterocycles. The van der Waals surface area contributed by atoms with Gasteiger partial charge in [0.25, 0.3) is 0 Å². The van der Waals surface area contributed by atoms with Crippen molar-refractivity contribution in [3.05, 3.63) is 24.3 Å². The third-order valence-electron chi connectivity index (χ3n) is 1.74. The lowest BCUT2D eigenvalue weighted by molar-refractivity contribution is 0.674. The Labute approximate surface area is 76.3 Å². The van der Waals surface area contributed by atoms with E-state index in [1.165, 1.54) is 32.1 Å². The van der Waals surface area contributed by atoms with E-state index in [0.29, 0.717) is 6.54 Å². The minimum Gasteiger partial charge on any atom is -0.327 e. The number of unbranched alkanes of at least 4 members (excludes halogenated alkanes) is 4. The number of nitrogens with two attached hydrogens (primary N) is 1. The van der Waals surface area contributed by atoms with Gasteiger partial charge in [-0.1, -0.05) is 50.5 Å². The molecule has 0 saturated heterocycles. The lowest BCUT2D eigenvalue weighted by atomic mass is 10.1. The van der Waals surface area contributed by atoms with Crippen molar-refractivity contribution in [1.29, 1.82) is 0 Å². The standard InChI is InChI=1S/C11H21N/c1-2-3-4-5-6-7-8-9-10-11-12/h7-10H,2-6,11-12H2,1H3. The molecule has 0 amide bonds. The third kappa shape index (κ3) is 9.44. The van der Waals surface area contributed by atoms with Crippen LogP contribution in [0.1, 0.15) is 39.0 Å². The van der Waals surface area contributed by atoms with Gasteiger partial charge in [0.05, 0.1) is 0 Å². The predicted octanol–water partition coefficient (Wildman–Crippen LogP) is 3.03. The van der Waals surface area contributed by atoms with Gasteiger partial charge in [0, 0.05) is 6.54 Å².